The van der Waals surface area contributed by atoms with Gasteiger partial charge in [0.05, 0.1) is 16.7 Å². The molecule has 2 aromatic rings. The molecule has 0 spiro atoms. The van der Waals surface area contributed by atoms with E-state index in [1.165, 1.54) is 0 Å². The van der Waals surface area contributed by atoms with E-state index < -0.39 is 35.3 Å². The number of rotatable bonds is 7. The van der Waals surface area contributed by atoms with E-state index in [1.54, 1.807) is 24.3 Å². The Bertz CT molecular complexity index is 886. The highest BCUT2D eigenvalue weighted by Crippen LogP contribution is 2.29. The number of anilines is 2. The molecule has 0 fully saturated rings. The number of ether oxygens (including phenoxy) is 1. The van der Waals surface area contributed by atoms with Gasteiger partial charge in [0.2, 0.25) is 0 Å². The molecule has 0 radical (unpaired) electrons. The predicted molar refractivity (Wildman–Crippen MR) is 101 cm³/mol. The van der Waals surface area contributed by atoms with Crippen molar-refractivity contribution in [2.24, 2.45) is 0 Å². The number of hydrogen-bond donors (Lipinski definition) is 2. The Morgan fingerprint density at radius 3 is 2.50 bits per heavy atom. The molecule has 2 rings (SSSR count). The fourth-order valence-corrected chi connectivity index (χ4v) is 2.37. The van der Waals surface area contributed by atoms with E-state index in [0.717, 1.165) is 18.2 Å². The molecule has 0 aliphatic carbocycles. The van der Waals surface area contributed by atoms with Crippen molar-refractivity contribution in [2.45, 2.75) is 12.3 Å². The van der Waals surface area contributed by atoms with Gasteiger partial charge in [-0.25, -0.2) is 8.78 Å². The third-order valence-corrected chi connectivity index (χ3v) is 3.63. The molecule has 0 saturated carbocycles. The zero-order valence-electron chi connectivity index (χ0n) is 13.8. The van der Waals surface area contributed by atoms with Crippen LogP contribution < -0.4 is 15.4 Å². The van der Waals surface area contributed by atoms with Crippen molar-refractivity contribution >= 4 is 46.0 Å². The van der Waals surface area contributed by atoms with Crippen molar-refractivity contribution < 1.29 is 27.2 Å². The van der Waals surface area contributed by atoms with Crippen LogP contribution in [0.4, 0.5) is 34.6 Å². The quantitative estimate of drug-likeness (QED) is 0.264. The second kappa shape index (κ2) is 9.02. The third kappa shape index (κ3) is 6.20. The number of nitro groups is 1. The summed E-state index contributed by atoms with van der Waals surface area (Å²) in [5, 5.41) is 16.9. The van der Waals surface area contributed by atoms with E-state index in [4.69, 9.17) is 23.8 Å². The molecule has 28 heavy (non-hydrogen) atoms. The molecule has 0 atom stereocenters. The number of nitrogens with zero attached hydrogens (tertiary/aromatic N) is 1. The zero-order chi connectivity index (χ0) is 20.9. The van der Waals surface area contributed by atoms with Gasteiger partial charge in [-0.3, -0.25) is 10.1 Å². The van der Waals surface area contributed by atoms with Crippen LogP contribution in [0.1, 0.15) is 0 Å². The van der Waals surface area contributed by atoms with Crippen LogP contribution in [-0.2, 0) is 0 Å². The number of nitro benzene ring substituents is 1. The molecule has 0 unspecified atom stereocenters. The Kier molecular flexibility index (Phi) is 6.97. The Balaban J connectivity index is 2.15. The summed E-state index contributed by atoms with van der Waals surface area (Å²) in [6, 6.07) is 9.56. The summed E-state index contributed by atoms with van der Waals surface area (Å²) >= 11 is 10.9. The van der Waals surface area contributed by atoms with Crippen molar-refractivity contribution in [1.29, 1.82) is 0 Å². The van der Waals surface area contributed by atoms with E-state index in [9.17, 15) is 27.7 Å². The Hall–Kier alpha value is -2.66. The van der Waals surface area contributed by atoms with E-state index in [2.05, 4.69) is 15.4 Å². The van der Waals surface area contributed by atoms with Crippen LogP contribution in [-0.4, -0.2) is 29.0 Å². The van der Waals surface area contributed by atoms with Crippen LogP contribution in [0.5, 0.6) is 5.75 Å². The Morgan fingerprint density at radius 2 is 1.89 bits per heavy atom. The predicted octanol–water partition coefficient (Wildman–Crippen LogP) is 5.34. The number of thiocarbonyl (C=S) groups is 1. The van der Waals surface area contributed by atoms with E-state index in [0.29, 0.717) is 10.7 Å². The van der Waals surface area contributed by atoms with Crippen LogP contribution in [0, 0.1) is 10.1 Å². The highest BCUT2D eigenvalue weighted by Gasteiger charge is 2.41. The summed E-state index contributed by atoms with van der Waals surface area (Å²) in [7, 11) is 0. The van der Waals surface area contributed by atoms with Crippen LogP contribution in [0.3, 0.4) is 0 Å². The molecule has 0 amide bonds. The van der Waals surface area contributed by atoms with Crippen molar-refractivity contribution in [3.05, 3.63) is 57.6 Å². The first-order valence-corrected chi connectivity index (χ1v) is 8.27. The van der Waals surface area contributed by atoms with Crippen molar-refractivity contribution in [3.63, 3.8) is 0 Å². The lowest BCUT2D eigenvalue weighted by Gasteiger charge is -2.17. The maximum absolute atomic E-state index is 13.0. The van der Waals surface area contributed by atoms with Crippen LogP contribution in [0.2, 0.25) is 5.02 Å². The largest absolute Gasteiger partial charge is 0.487 e. The molecule has 0 bridgehead atoms. The number of hydrogen-bond acceptors (Lipinski definition) is 4. The summed E-state index contributed by atoms with van der Waals surface area (Å²) in [5.74, 6) is -4.80. The van der Waals surface area contributed by atoms with Crippen LogP contribution >= 0.6 is 23.8 Å². The van der Waals surface area contributed by atoms with Gasteiger partial charge >= 0.3 is 12.3 Å². The Morgan fingerprint density at radius 1 is 1.21 bits per heavy atom. The molecule has 12 heteroatoms. The molecule has 0 heterocycles. The first kappa shape index (κ1) is 21.6. The van der Waals surface area contributed by atoms with Crippen LogP contribution in [0.25, 0.3) is 0 Å². The highest BCUT2D eigenvalue weighted by atomic mass is 35.5. The maximum atomic E-state index is 13.0. The minimum atomic E-state index is -4.40. The molecule has 0 aliphatic heterocycles. The molecular weight excluding hydrogens is 426 g/mol. The van der Waals surface area contributed by atoms with Gasteiger partial charge in [0, 0.05) is 22.8 Å². The summed E-state index contributed by atoms with van der Waals surface area (Å²) in [6.07, 6.45) is -3.93. The molecule has 2 N–H and O–H groups in total. The molecule has 0 saturated heterocycles. The second-order valence-electron chi connectivity index (χ2n) is 5.41. The van der Waals surface area contributed by atoms with Gasteiger partial charge in [0.1, 0.15) is 5.75 Å². The first-order chi connectivity index (χ1) is 13.1. The number of alkyl halides is 4. The number of benzene rings is 2. The van der Waals surface area contributed by atoms with Gasteiger partial charge in [-0.05, 0) is 30.4 Å². The summed E-state index contributed by atoms with van der Waals surface area (Å²) in [5.41, 5.74) is 0.0542. The van der Waals surface area contributed by atoms with E-state index >= 15 is 0 Å². The third-order valence-electron chi connectivity index (χ3n) is 3.19. The summed E-state index contributed by atoms with van der Waals surface area (Å²) < 4.78 is 55.1. The fraction of sp³-hybridized carbons (Fsp3) is 0.188. The normalized spacial score (nSPS) is 11.2. The molecule has 2 aromatic carbocycles. The number of nitrogens with one attached hydrogen (secondary N) is 2. The molecule has 150 valence electrons. The van der Waals surface area contributed by atoms with Crippen LogP contribution in [0.15, 0.2) is 42.5 Å². The van der Waals surface area contributed by atoms with Gasteiger partial charge in [0.25, 0.3) is 5.69 Å². The topological polar surface area (TPSA) is 76.4 Å². The lowest BCUT2D eigenvalue weighted by atomic mass is 10.2. The van der Waals surface area contributed by atoms with E-state index in [1.807, 2.05) is 0 Å². The molecule has 0 aromatic heterocycles. The first-order valence-electron chi connectivity index (χ1n) is 7.48. The lowest BCUT2D eigenvalue weighted by Crippen LogP contribution is -2.33. The van der Waals surface area contributed by atoms with Gasteiger partial charge < -0.3 is 15.4 Å². The molecular formula is C16H12ClF4N3O3S. The Labute approximate surface area is 166 Å². The maximum Gasteiger partial charge on any atom is 0.340 e. The SMILES string of the molecule is O=[N+]([O-])c1cc(NC(=S)Nc2cccc(Cl)c2)cc(OCC(F)(F)C(F)F)c1. The van der Waals surface area contributed by atoms with Crippen molar-refractivity contribution in [1.82, 2.24) is 0 Å². The second-order valence-corrected chi connectivity index (χ2v) is 6.26. The summed E-state index contributed by atoms with van der Waals surface area (Å²) in [6.45, 7) is -1.64. The average molecular weight is 438 g/mol. The van der Waals surface area contributed by atoms with Gasteiger partial charge in [-0.1, -0.05) is 17.7 Å². The van der Waals surface area contributed by atoms with Gasteiger partial charge in [-0.15, -0.1) is 0 Å². The molecule has 0 aliphatic rings. The minimum Gasteiger partial charge on any atom is -0.487 e. The van der Waals surface area contributed by atoms with Crippen molar-refractivity contribution in [2.75, 3.05) is 17.2 Å². The molecule has 6 nitrogen and oxygen atoms in total. The fourth-order valence-electron chi connectivity index (χ4n) is 1.95. The monoisotopic (exact) mass is 437 g/mol. The standard InChI is InChI=1S/C16H12ClF4N3O3S/c17-9-2-1-3-10(4-9)22-15(28)23-11-5-12(24(25)26)7-13(6-11)27-8-16(20,21)14(18)19/h1-7,14H,8H2,(H2,22,23,28). The summed E-state index contributed by atoms with van der Waals surface area (Å²) in [4.78, 5) is 10.2. The van der Waals surface area contributed by atoms with Gasteiger partial charge in [0.15, 0.2) is 11.7 Å². The van der Waals surface area contributed by atoms with Gasteiger partial charge in [-0.2, -0.15) is 8.78 Å². The van der Waals surface area contributed by atoms with E-state index in [-0.39, 0.29) is 10.8 Å². The highest BCUT2D eigenvalue weighted by molar-refractivity contribution is 7.80. The minimum absolute atomic E-state index is 0.0200. The number of halogens is 5. The average Bonchev–Trinajstić information content (AvgIpc) is 2.59. The zero-order valence-corrected chi connectivity index (χ0v) is 15.4. The number of non-ortho nitro benzene ring substituents is 1. The lowest BCUT2D eigenvalue weighted by molar-refractivity contribution is -0.384. The smallest absolute Gasteiger partial charge is 0.340 e. The van der Waals surface area contributed by atoms with Crippen molar-refractivity contribution in [3.8, 4) is 5.75 Å².